The lowest BCUT2D eigenvalue weighted by Gasteiger charge is -2.32. The molecule has 3 atom stereocenters. The first-order valence-electron chi connectivity index (χ1n) is 8.24. The summed E-state index contributed by atoms with van der Waals surface area (Å²) in [6.07, 6.45) is 8.97. The summed E-state index contributed by atoms with van der Waals surface area (Å²) in [5.74, 6) is 1.96. The number of piperidine rings is 1. The van der Waals surface area contributed by atoms with Gasteiger partial charge in [0.1, 0.15) is 0 Å². The Morgan fingerprint density at radius 1 is 1.38 bits per heavy atom. The van der Waals surface area contributed by atoms with E-state index in [2.05, 4.69) is 21.8 Å². The monoisotopic (exact) mass is 307 g/mol. The fourth-order valence-electron chi connectivity index (χ4n) is 3.54. The van der Waals surface area contributed by atoms with Crippen LogP contribution in [-0.4, -0.2) is 33.7 Å². The van der Waals surface area contributed by atoms with Gasteiger partial charge in [0.15, 0.2) is 0 Å². The third kappa shape index (κ3) is 3.51. The van der Waals surface area contributed by atoms with Crippen molar-refractivity contribution >= 4 is 11.8 Å². The van der Waals surface area contributed by atoms with Crippen LogP contribution in [0.1, 0.15) is 57.2 Å². The molecule has 0 aromatic carbocycles. The number of aromatic nitrogens is 2. The Labute approximate surface area is 130 Å². The zero-order chi connectivity index (χ0) is 14.7. The lowest BCUT2D eigenvalue weighted by molar-refractivity contribution is 0.175. The summed E-state index contributed by atoms with van der Waals surface area (Å²) < 4.78 is 0. The van der Waals surface area contributed by atoms with E-state index >= 15 is 0 Å². The Morgan fingerprint density at radius 3 is 3.14 bits per heavy atom. The lowest BCUT2D eigenvalue weighted by Crippen LogP contribution is -2.32. The minimum absolute atomic E-state index is 0.0770. The Hall–Kier alpha value is -0.810. The van der Waals surface area contributed by atoms with Crippen molar-refractivity contribution in [3.8, 4) is 0 Å². The van der Waals surface area contributed by atoms with Crippen LogP contribution in [0.15, 0.2) is 16.0 Å². The van der Waals surface area contributed by atoms with Crippen LogP contribution >= 0.6 is 11.8 Å². The zero-order valence-corrected chi connectivity index (χ0v) is 13.6. The predicted octanol–water partition coefficient (Wildman–Crippen LogP) is 3.21. The van der Waals surface area contributed by atoms with Crippen molar-refractivity contribution in [2.45, 2.75) is 56.5 Å². The van der Waals surface area contributed by atoms with E-state index in [-0.39, 0.29) is 5.56 Å². The van der Waals surface area contributed by atoms with Crippen molar-refractivity contribution in [2.24, 2.45) is 5.92 Å². The summed E-state index contributed by atoms with van der Waals surface area (Å²) in [5.41, 5.74) is 1.03. The van der Waals surface area contributed by atoms with Crippen LogP contribution in [0.25, 0.3) is 0 Å². The number of hydrogen-bond donors (Lipinski definition) is 1. The van der Waals surface area contributed by atoms with E-state index < -0.39 is 0 Å². The van der Waals surface area contributed by atoms with Gasteiger partial charge in [0.2, 0.25) is 0 Å². The highest BCUT2D eigenvalue weighted by atomic mass is 32.2. The second-order valence-electron chi connectivity index (χ2n) is 6.26. The highest BCUT2D eigenvalue weighted by molar-refractivity contribution is 7.99. The minimum Gasteiger partial charge on any atom is -0.314 e. The molecule has 1 aromatic rings. The van der Waals surface area contributed by atoms with Gasteiger partial charge in [0, 0.05) is 6.54 Å². The van der Waals surface area contributed by atoms with Gasteiger partial charge in [-0.05, 0) is 43.9 Å². The topological polar surface area (TPSA) is 49.0 Å². The van der Waals surface area contributed by atoms with E-state index in [4.69, 9.17) is 0 Å². The van der Waals surface area contributed by atoms with Gasteiger partial charge in [-0.15, -0.1) is 11.8 Å². The zero-order valence-electron chi connectivity index (χ0n) is 12.8. The van der Waals surface area contributed by atoms with Crippen molar-refractivity contribution in [3.05, 3.63) is 22.2 Å². The third-order valence-corrected chi connectivity index (χ3v) is 5.80. The molecule has 3 unspecified atom stereocenters. The van der Waals surface area contributed by atoms with E-state index in [0.29, 0.717) is 6.04 Å². The highest BCUT2D eigenvalue weighted by Crippen LogP contribution is 2.40. The van der Waals surface area contributed by atoms with E-state index in [0.717, 1.165) is 22.4 Å². The normalized spacial score (nSPS) is 28.0. The first-order chi connectivity index (χ1) is 10.3. The minimum atomic E-state index is -0.0770. The number of rotatable bonds is 6. The number of nitrogens with one attached hydrogen (secondary N) is 1. The number of fused-ring (bicyclic) bond motifs is 2. The Kier molecular flexibility index (Phi) is 5.01. The van der Waals surface area contributed by atoms with Crippen molar-refractivity contribution in [1.82, 2.24) is 14.9 Å². The summed E-state index contributed by atoms with van der Waals surface area (Å²) >= 11 is 1.78. The van der Waals surface area contributed by atoms with Gasteiger partial charge in [-0.1, -0.05) is 19.8 Å². The van der Waals surface area contributed by atoms with Gasteiger partial charge < -0.3 is 4.98 Å². The standard InChI is InChI=1S/C16H25N3OS/c1-2-3-4-9-21-16-15(17-10-14(20)18-16)13-6-5-12-7-8-19(13)11-12/h10,12-13H,2-9,11H2,1H3,(H,18,20). The van der Waals surface area contributed by atoms with Gasteiger partial charge >= 0.3 is 0 Å². The van der Waals surface area contributed by atoms with Crippen LogP contribution in [0.5, 0.6) is 0 Å². The molecule has 0 saturated carbocycles. The van der Waals surface area contributed by atoms with Crippen LogP contribution in [0.3, 0.4) is 0 Å². The molecule has 1 aromatic heterocycles. The number of nitrogens with zero attached hydrogens (tertiary/aromatic N) is 2. The molecule has 2 saturated heterocycles. The van der Waals surface area contributed by atoms with Gasteiger partial charge in [-0.3, -0.25) is 14.7 Å². The molecule has 0 amide bonds. The molecule has 21 heavy (non-hydrogen) atoms. The van der Waals surface area contributed by atoms with Crippen LogP contribution in [0.4, 0.5) is 0 Å². The summed E-state index contributed by atoms with van der Waals surface area (Å²) in [6, 6.07) is 0.411. The molecule has 0 spiro atoms. The number of hydrogen-bond acceptors (Lipinski definition) is 4. The van der Waals surface area contributed by atoms with Crippen LogP contribution in [0, 0.1) is 5.92 Å². The molecule has 2 fully saturated rings. The average Bonchev–Trinajstić information content (AvgIpc) is 2.87. The largest absolute Gasteiger partial charge is 0.314 e. The smallest absolute Gasteiger partial charge is 0.267 e. The number of H-pyrrole nitrogens is 1. The summed E-state index contributed by atoms with van der Waals surface area (Å²) in [7, 11) is 0. The van der Waals surface area contributed by atoms with Gasteiger partial charge in [0.05, 0.1) is 23.0 Å². The molecule has 5 heteroatoms. The Bertz CT molecular complexity index is 530. The van der Waals surface area contributed by atoms with E-state index in [1.54, 1.807) is 11.8 Å². The average molecular weight is 307 g/mol. The first kappa shape index (κ1) is 15.1. The second kappa shape index (κ2) is 6.97. The van der Waals surface area contributed by atoms with E-state index in [9.17, 15) is 4.79 Å². The molecule has 3 rings (SSSR count). The van der Waals surface area contributed by atoms with E-state index in [1.165, 1.54) is 57.8 Å². The quantitative estimate of drug-likeness (QED) is 0.647. The van der Waals surface area contributed by atoms with Crippen LogP contribution in [0.2, 0.25) is 0 Å². The fraction of sp³-hybridized carbons (Fsp3) is 0.750. The van der Waals surface area contributed by atoms with Crippen LogP contribution in [-0.2, 0) is 0 Å². The first-order valence-corrected chi connectivity index (χ1v) is 9.22. The van der Waals surface area contributed by atoms with Gasteiger partial charge in [-0.2, -0.15) is 0 Å². The molecular formula is C16H25N3OS. The molecular weight excluding hydrogens is 282 g/mol. The van der Waals surface area contributed by atoms with Gasteiger partial charge in [-0.25, -0.2) is 0 Å². The maximum atomic E-state index is 11.6. The lowest BCUT2D eigenvalue weighted by atomic mass is 9.95. The summed E-state index contributed by atoms with van der Waals surface area (Å²) in [5, 5.41) is 1.01. The number of unbranched alkanes of at least 4 members (excludes halogenated alkanes) is 2. The van der Waals surface area contributed by atoms with E-state index in [1.807, 2.05) is 0 Å². The molecule has 2 aliphatic rings. The maximum absolute atomic E-state index is 11.6. The summed E-state index contributed by atoms with van der Waals surface area (Å²) in [6.45, 7) is 4.62. The number of thioether (sulfide) groups is 1. The molecule has 116 valence electrons. The van der Waals surface area contributed by atoms with Crippen molar-refractivity contribution in [3.63, 3.8) is 0 Å². The molecule has 0 aliphatic carbocycles. The van der Waals surface area contributed by atoms with Gasteiger partial charge in [0.25, 0.3) is 5.56 Å². The molecule has 0 radical (unpaired) electrons. The molecule has 2 aliphatic heterocycles. The Balaban J connectivity index is 1.75. The SMILES string of the molecule is CCCCCSc1[nH]c(=O)cnc1C1CCC2CCN1C2. The third-order valence-electron chi connectivity index (χ3n) is 4.71. The van der Waals surface area contributed by atoms with Crippen LogP contribution < -0.4 is 5.56 Å². The summed E-state index contributed by atoms with van der Waals surface area (Å²) in [4.78, 5) is 21.7. The van der Waals surface area contributed by atoms with Crippen molar-refractivity contribution < 1.29 is 0 Å². The van der Waals surface area contributed by atoms with Crippen molar-refractivity contribution in [2.75, 3.05) is 18.8 Å². The molecule has 1 N–H and O–H groups in total. The van der Waals surface area contributed by atoms with Crippen molar-refractivity contribution in [1.29, 1.82) is 0 Å². The molecule has 3 heterocycles. The maximum Gasteiger partial charge on any atom is 0.267 e. The number of aromatic amines is 1. The molecule has 4 nitrogen and oxygen atoms in total. The Morgan fingerprint density at radius 2 is 2.29 bits per heavy atom. The fourth-order valence-corrected chi connectivity index (χ4v) is 4.60. The molecule has 2 bridgehead atoms. The second-order valence-corrected chi connectivity index (χ2v) is 7.37. The predicted molar refractivity (Wildman–Crippen MR) is 86.8 cm³/mol. The highest BCUT2D eigenvalue weighted by Gasteiger charge is 2.36.